The van der Waals surface area contributed by atoms with Gasteiger partial charge in [-0.3, -0.25) is 4.79 Å². The van der Waals surface area contributed by atoms with Gasteiger partial charge in [0, 0.05) is 12.6 Å². The SMILES string of the molecule is CC1(C)[C@H](C(=O)O[C@H](C#N)c2cnc(Cc3ccccc3)s2)[C@@H]1C=C(Br)Br. The van der Waals surface area contributed by atoms with Gasteiger partial charge < -0.3 is 4.74 Å². The maximum Gasteiger partial charge on any atom is 0.311 e. The van der Waals surface area contributed by atoms with Gasteiger partial charge in [-0.15, -0.1) is 11.3 Å². The molecule has 1 aromatic carbocycles. The number of hydrogen-bond acceptors (Lipinski definition) is 5. The molecule has 0 spiro atoms. The first-order valence-electron chi connectivity index (χ1n) is 8.44. The van der Waals surface area contributed by atoms with Crippen LogP contribution in [0.15, 0.2) is 46.0 Å². The van der Waals surface area contributed by atoms with Crippen molar-refractivity contribution in [3.8, 4) is 6.07 Å². The Morgan fingerprint density at radius 1 is 1.41 bits per heavy atom. The van der Waals surface area contributed by atoms with Crippen LogP contribution in [-0.4, -0.2) is 11.0 Å². The molecule has 1 saturated carbocycles. The summed E-state index contributed by atoms with van der Waals surface area (Å²) in [6.07, 6.45) is 3.36. The Labute approximate surface area is 179 Å². The second kappa shape index (κ2) is 8.26. The lowest BCUT2D eigenvalue weighted by Crippen LogP contribution is -2.14. The van der Waals surface area contributed by atoms with E-state index in [2.05, 4.69) is 42.9 Å². The molecule has 0 unspecified atom stereocenters. The number of halogens is 2. The summed E-state index contributed by atoms with van der Waals surface area (Å²) in [7, 11) is 0. The van der Waals surface area contributed by atoms with E-state index in [0.717, 1.165) is 14.0 Å². The Morgan fingerprint density at radius 3 is 2.74 bits per heavy atom. The van der Waals surface area contributed by atoms with Crippen molar-refractivity contribution in [2.45, 2.75) is 26.4 Å². The van der Waals surface area contributed by atoms with Crippen molar-refractivity contribution >= 4 is 49.2 Å². The molecule has 0 N–H and O–H groups in total. The van der Waals surface area contributed by atoms with E-state index < -0.39 is 6.10 Å². The van der Waals surface area contributed by atoms with Crippen molar-refractivity contribution in [1.29, 1.82) is 5.26 Å². The maximum atomic E-state index is 12.6. The topological polar surface area (TPSA) is 63.0 Å². The number of rotatable bonds is 6. The van der Waals surface area contributed by atoms with E-state index in [1.165, 1.54) is 11.3 Å². The highest BCUT2D eigenvalue weighted by molar-refractivity contribution is 9.28. The summed E-state index contributed by atoms with van der Waals surface area (Å²) in [5.74, 6) is -0.518. The number of esters is 1. The third kappa shape index (κ3) is 4.68. The van der Waals surface area contributed by atoms with Gasteiger partial charge in [0.2, 0.25) is 6.10 Å². The number of aromatic nitrogens is 1. The number of nitrogens with zero attached hydrogens (tertiary/aromatic N) is 2. The highest BCUT2D eigenvalue weighted by Gasteiger charge is 2.61. The van der Waals surface area contributed by atoms with E-state index in [4.69, 9.17) is 4.74 Å². The summed E-state index contributed by atoms with van der Waals surface area (Å²) in [6.45, 7) is 4.05. The molecule has 4 nitrogen and oxygen atoms in total. The minimum absolute atomic E-state index is 0.0770. The summed E-state index contributed by atoms with van der Waals surface area (Å²) in [4.78, 5) is 17.6. The van der Waals surface area contributed by atoms with Crippen LogP contribution in [0.5, 0.6) is 0 Å². The van der Waals surface area contributed by atoms with E-state index in [9.17, 15) is 10.1 Å². The fourth-order valence-electron chi connectivity index (χ4n) is 3.21. The molecular formula is C20H18Br2N2O2S. The molecule has 140 valence electrons. The van der Waals surface area contributed by atoms with Crippen LogP contribution in [-0.2, 0) is 16.0 Å². The van der Waals surface area contributed by atoms with Crippen LogP contribution < -0.4 is 0 Å². The van der Waals surface area contributed by atoms with E-state index >= 15 is 0 Å². The molecule has 3 rings (SSSR count). The van der Waals surface area contributed by atoms with Crippen LogP contribution in [0, 0.1) is 28.6 Å². The average molecular weight is 510 g/mol. The fraction of sp³-hybridized carbons (Fsp3) is 0.350. The highest BCUT2D eigenvalue weighted by Crippen LogP contribution is 2.60. The van der Waals surface area contributed by atoms with Gasteiger partial charge >= 0.3 is 5.97 Å². The molecule has 2 aromatic rings. The molecule has 1 heterocycles. The first kappa shape index (κ1) is 20.2. The number of carbonyl (C=O) groups excluding carboxylic acids is 1. The molecule has 0 aliphatic heterocycles. The number of hydrogen-bond donors (Lipinski definition) is 0. The van der Waals surface area contributed by atoms with Crippen molar-refractivity contribution < 1.29 is 9.53 Å². The summed E-state index contributed by atoms with van der Waals surface area (Å²) < 4.78 is 6.34. The van der Waals surface area contributed by atoms with Gasteiger partial charge in [-0.25, -0.2) is 4.98 Å². The number of benzene rings is 1. The summed E-state index contributed by atoms with van der Waals surface area (Å²) >= 11 is 8.09. The van der Waals surface area contributed by atoms with E-state index in [0.29, 0.717) is 11.3 Å². The predicted molar refractivity (Wildman–Crippen MR) is 113 cm³/mol. The molecule has 3 atom stereocenters. The number of allylic oxidation sites excluding steroid dienone is 1. The van der Waals surface area contributed by atoms with Gasteiger partial charge in [-0.1, -0.05) is 50.3 Å². The van der Waals surface area contributed by atoms with E-state index in [1.807, 2.05) is 50.3 Å². The quantitative estimate of drug-likeness (QED) is 0.465. The monoisotopic (exact) mass is 508 g/mol. The zero-order valence-corrected chi connectivity index (χ0v) is 18.8. The molecule has 0 radical (unpaired) electrons. The van der Waals surface area contributed by atoms with Crippen LogP contribution in [0.3, 0.4) is 0 Å². The average Bonchev–Trinajstić information content (AvgIpc) is 2.95. The first-order chi connectivity index (χ1) is 12.8. The molecule has 1 aliphatic carbocycles. The zero-order valence-electron chi connectivity index (χ0n) is 14.9. The fourth-order valence-corrected chi connectivity index (χ4v) is 4.71. The highest BCUT2D eigenvalue weighted by atomic mass is 79.9. The Hall–Kier alpha value is -1.49. The number of carbonyl (C=O) groups is 1. The largest absolute Gasteiger partial charge is 0.441 e. The lowest BCUT2D eigenvalue weighted by molar-refractivity contribution is -0.149. The van der Waals surface area contributed by atoms with Gasteiger partial charge in [0.05, 0.1) is 19.2 Å². The summed E-state index contributed by atoms with van der Waals surface area (Å²) in [5, 5.41) is 10.4. The third-order valence-corrected chi connectivity index (χ3v) is 6.42. The molecule has 0 saturated heterocycles. The molecule has 1 aromatic heterocycles. The second-order valence-electron chi connectivity index (χ2n) is 7.05. The van der Waals surface area contributed by atoms with Gasteiger partial charge in [-0.2, -0.15) is 5.26 Å². The Bertz CT molecular complexity index is 898. The van der Waals surface area contributed by atoms with Gasteiger partial charge in [0.1, 0.15) is 6.07 Å². The zero-order chi connectivity index (χ0) is 19.6. The van der Waals surface area contributed by atoms with E-state index in [1.54, 1.807) is 6.20 Å². The number of nitriles is 1. The lowest BCUT2D eigenvalue weighted by Gasteiger charge is -2.09. The molecular weight excluding hydrogens is 492 g/mol. The van der Waals surface area contributed by atoms with Crippen molar-refractivity contribution in [2.24, 2.45) is 17.3 Å². The Morgan fingerprint density at radius 2 is 2.11 bits per heavy atom. The Kier molecular flexibility index (Phi) is 6.19. The summed E-state index contributed by atoms with van der Waals surface area (Å²) in [6, 6.07) is 12.1. The predicted octanol–water partition coefficient (Wildman–Crippen LogP) is 5.75. The van der Waals surface area contributed by atoms with E-state index in [-0.39, 0.29) is 23.2 Å². The first-order valence-corrected chi connectivity index (χ1v) is 10.8. The standard InChI is InChI=1S/C20H18Br2N2O2S/c1-20(2)13(9-16(21)22)18(20)19(25)26-14(10-23)15-11-24-17(27-15)8-12-6-4-3-5-7-12/h3-7,9,11,13-14,18H,8H2,1-2H3/t13-,14+,18-/m0/s1. The van der Waals surface area contributed by atoms with Gasteiger partial charge in [0.25, 0.3) is 0 Å². The van der Waals surface area contributed by atoms with Crippen LogP contribution in [0.2, 0.25) is 0 Å². The smallest absolute Gasteiger partial charge is 0.311 e. The molecule has 27 heavy (non-hydrogen) atoms. The number of thiazole rings is 1. The maximum absolute atomic E-state index is 12.6. The minimum atomic E-state index is -0.923. The Balaban J connectivity index is 1.67. The van der Waals surface area contributed by atoms with Crippen molar-refractivity contribution in [1.82, 2.24) is 4.98 Å². The minimum Gasteiger partial charge on any atom is -0.441 e. The molecule has 7 heteroatoms. The second-order valence-corrected chi connectivity index (χ2v) is 11.0. The van der Waals surface area contributed by atoms with Gasteiger partial charge in [-0.05, 0) is 48.8 Å². The van der Waals surface area contributed by atoms with Crippen molar-refractivity contribution in [3.63, 3.8) is 0 Å². The van der Waals surface area contributed by atoms with Gasteiger partial charge in [0.15, 0.2) is 0 Å². The van der Waals surface area contributed by atoms with Crippen molar-refractivity contribution in [3.05, 3.63) is 61.4 Å². The van der Waals surface area contributed by atoms with Crippen LogP contribution in [0.4, 0.5) is 0 Å². The molecule has 1 fully saturated rings. The van der Waals surface area contributed by atoms with Crippen LogP contribution in [0.25, 0.3) is 0 Å². The molecule has 1 aliphatic rings. The summed E-state index contributed by atoms with van der Waals surface area (Å²) in [5.41, 5.74) is 0.967. The third-order valence-electron chi connectivity index (χ3n) is 4.85. The van der Waals surface area contributed by atoms with Crippen LogP contribution in [0.1, 0.15) is 35.4 Å². The number of ether oxygens (including phenoxy) is 1. The molecule has 0 amide bonds. The van der Waals surface area contributed by atoms with Crippen LogP contribution >= 0.6 is 43.2 Å². The van der Waals surface area contributed by atoms with Crippen molar-refractivity contribution in [2.75, 3.05) is 0 Å². The lowest BCUT2D eigenvalue weighted by atomic mass is 10.1. The molecule has 0 bridgehead atoms. The normalized spacial score (nSPS) is 21.0.